The van der Waals surface area contributed by atoms with Gasteiger partial charge in [-0.1, -0.05) is 18.2 Å². The van der Waals surface area contributed by atoms with E-state index in [4.69, 9.17) is 9.15 Å². The summed E-state index contributed by atoms with van der Waals surface area (Å²) >= 11 is 0. The van der Waals surface area contributed by atoms with Crippen LogP contribution < -0.4 is 15.5 Å². The van der Waals surface area contributed by atoms with Gasteiger partial charge in [0.05, 0.1) is 30.7 Å². The van der Waals surface area contributed by atoms with Gasteiger partial charge in [0.2, 0.25) is 0 Å². The molecule has 146 valence electrons. The van der Waals surface area contributed by atoms with Crippen molar-refractivity contribution in [3.63, 3.8) is 0 Å². The molecular weight excluding hydrogens is 358 g/mol. The minimum Gasteiger partial charge on any atom is -0.467 e. The van der Waals surface area contributed by atoms with E-state index in [0.717, 1.165) is 12.1 Å². The summed E-state index contributed by atoms with van der Waals surface area (Å²) < 4.78 is 10.8. The van der Waals surface area contributed by atoms with Gasteiger partial charge in [-0.25, -0.2) is 9.59 Å². The third-order valence-electron chi connectivity index (χ3n) is 5.15. The van der Waals surface area contributed by atoms with E-state index in [9.17, 15) is 9.59 Å². The minimum absolute atomic E-state index is 0.247. The van der Waals surface area contributed by atoms with Crippen molar-refractivity contribution in [2.45, 2.75) is 32.4 Å². The molecule has 2 aromatic rings. The lowest BCUT2D eigenvalue weighted by molar-refractivity contribution is -0.139. The highest BCUT2D eigenvalue weighted by molar-refractivity contribution is 5.95. The number of anilines is 1. The van der Waals surface area contributed by atoms with Crippen molar-refractivity contribution in [2.75, 3.05) is 18.1 Å². The first-order valence-corrected chi connectivity index (χ1v) is 9.44. The number of para-hydroxylation sites is 1. The van der Waals surface area contributed by atoms with Crippen LogP contribution in [0.4, 0.5) is 10.5 Å². The second-order valence-electron chi connectivity index (χ2n) is 6.97. The average Bonchev–Trinajstić information content (AvgIpc) is 3.30. The number of hydrogen-bond acceptors (Lipinski definition) is 5. The number of urea groups is 1. The molecule has 2 atom stereocenters. The standard InChI is InChI=1S/C21H23N3O4/c1-3-27-20(25)18-15(22-21(26)23-19(18)17-9-6-10-28-17)12-24-13(2)11-14-7-4-5-8-16(14)24/h4-10,13,19H,3,11-12H2,1-2H3,(H2,22,23,26)/t13-,19-/m0/s1. The van der Waals surface area contributed by atoms with Crippen molar-refractivity contribution >= 4 is 17.7 Å². The van der Waals surface area contributed by atoms with Gasteiger partial charge in [-0.3, -0.25) is 0 Å². The number of fused-ring (bicyclic) bond motifs is 1. The molecular formula is C21H23N3O4. The van der Waals surface area contributed by atoms with Crippen LogP contribution in [0.5, 0.6) is 0 Å². The summed E-state index contributed by atoms with van der Waals surface area (Å²) in [6.45, 7) is 4.54. The smallest absolute Gasteiger partial charge is 0.338 e. The van der Waals surface area contributed by atoms with Gasteiger partial charge < -0.3 is 24.7 Å². The van der Waals surface area contributed by atoms with Crippen molar-refractivity contribution in [1.82, 2.24) is 10.6 Å². The van der Waals surface area contributed by atoms with Gasteiger partial charge in [0.1, 0.15) is 11.8 Å². The Hall–Kier alpha value is -3.22. The molecule has 0 bridgehead atoms. The Morgan fingerprint density at radius 3 is 2.86 bits per heavy atom. The zero-order valence-electron chi connectivity index (χ0n) is 15.9. The molecule has 3 heterocycles. The molecule has 1 aromatic carbocycles. The fourth-order valence-electron chi connectivity index (χ4n) is 3.90. The lowest BCUT2D eigenvalue weighted by atomic mass is 9.99. The molecule has 2 aliphatic rings. The SMILES string of the molecule is CCOC(=O)C1=C(CN2c3ccccc3C[C@@H]2C)NC(=O)N[C@H]1c1ccco1. The summed E-state index contributed by atoms with van der Waals surface area (Å²) in [7, 11) is 0. The molecule has 0 unspecified atom stereocenters. The third-order valence-corrected chi connectivity index (χ3v) is 5.15. The molecule has 0 saturated carbocycles. The normalized spacial score (nSPS) is 21.2. The Labute approximate surface area is 163 Å². The summed E-state index contributed by atoms with van der Waals surface area (Å²) in [5.41, 5.74) is 3.28. The van der Waals surface area contributed by atoms with E-state index in [-0.39, 0.29) is 18.7 Å². The van der Waals surface area contributed by atoms with E-state index >= 15 is 0 Å². The molecule has 0 aliphatic carbocycles. The first kappa shape index (κ1) is 18.2. The molecule has 0 fully saturated rings. The van der Waals surface area contributed by atoms with Gasteiger partial charge in [0, 0.05) is 11.7 Å². The Morgan fingerprint density at radius 1 is 1.29 bits per heavy atom. The molecule has 0 saturated heterocycles. The predicted molar refractivity (Wildman–Crippen MR) is 104 cm³/mol. The fourth-order valence-corrected chi connectivity index (χ4v) is 3.90. The highest BCUT2D eigenvalue weighted by atomic mass is 16.5. The summed E-state index contributed by atoms with van der Waals surface area (Å²) in [5.74, 6) is 0.0248. The maximum Gasteiger partial charge on any atom is 0.338 e. The molecule has 2 amide bonds. The van der Waals surface area contributed by atoms with Crippen LogP contribution in [0.1, 0.15) is 31.2 Å². The zero-order valence-corrected chi connectivity index (χ0v) is 15.9. The molecule has 7 heteroatoms. The molecule has 7 nitrogen and oxygen atoms in total. The van der Waals surface area contributed by atoms with Gasteiger partial charge in [-0.15, -0.1) is 0 Å². The van der Waals surface area contributed by atoms with Crippen LogP contribution in [0.25, 0.3) is 0 Å². The van der Waals surface area contributed by atoms with Crippen LogP contribution in [-0.4, -0.2) is 31.2 Å². The van der Waals surface area contributed by atoms with Crippen molar-refractivity contribution in [1.29, 1.82) is 0 Å². The van der Waals surface area contributed by atoms with E-state index in [1.54, 1.807) is 19.1 Å². The van der Waals surface area contributed by atoms with E-state index in [2.05, 4.69) is 34.6 Å². The molecule has 28 heavy (non-hydrogen) atoms. The topological polar surface area (TPSA) is 83.8 Å². The Kier molecular flexibility index (Phi) is 4.81. The third kappa shape index (κ3) is 3.24. The van der Waals surface area contributed by atoms with Gasteiger partial charge in [0.15, 0.2) is 0 Å². The van der Waals surface area contributed by atoms with E-state index in [1.165, 1.54) is 11.8 Å². The molecule has 2 N–H and O–H groups in total. The number of benzene rings is 1. The van der Waals surface area contributed by atoms with Crippen LogP contribution in [0.3, 0.4) is 0 Å². The van der Waals surface area contributed by atoms with Gasteiger partial charge in [-0.2, -0.15) is 0 Å². The Morgan fingerprint density at radius 2 is 2.11 bits per heavy atom. The summed E-state index contributed by atoms with van der Waals surface area (Å²) in [6.07, 6.45) is 2.44. The highest BCUT2D eigenvalue weighted by Gasteiger charge is 2.37. The van der Waals surface area contributed by atoms with Crippen LogP contribution >= 0.6 is 0 Å². The first-order valence-electron chi connectivity index (χ1n) is 9.44. The molecule has 0 spiro atoms. The number of esters is 1. The molecule has 1 aromatic heterocycles. The fraction of sp³-hybridized carbons (Fsp3) is 0.333. The lowest BCUT2D eigenvalue weighted by Crippen LogP contribution is -2.49. The number of furan rings is 1. The summed E-state index contributed by atoms with van der Waals surface area (Å²) in [5, 5.41) is 5.59. The van der Waals surface area contributed by atoms with E-state index in [1.807, 2.05) is 12.1 Å². The van der Waals surface area contributed by atoms with Gasteiger partial charge in [-0.05, 0) is 44.0 Å². The number of carbonyl (C=O) groups is 2. The van der Waals surface area contributed by atoms with Gasteiger partial charge in [0.25, 0.3) is 0 Å². The summed E-state index contributed by atoms with van der Waals surface area (Å²) in [4.78, 5) is 27.3. The maximum atomic E-state index is 12.8. The number of ether oxygens (including phenoxy) is 1. The quantitative estimate of drug-likeness (QED) is 0.778. The first-order chi connectivity index (χ1) is 13.6. The van der Waals surface area contributed by atoms with Crippen LogP contribution in [0.15, 0.2) is 58.3 Å². The van der Waals surface area contributed by atoms with E-state index < -0.39 is 12.0 Å². The van der Waals surface area contributed by atoms with Crippen molar-refractivity contribution in [3.8, 4) is 0 Å². The number of rotatable bonds is 5. The van der Waals surface area contributed by atoms with Crippen LogP contribution in [0.2, 0.25) is 0 Å². The van der Waals surface area contributed by atoms with Crippen LogP contribution in [-0.2, 0) is 16.0 Å². The number of nitrogens with zero attached hydrogens (tertiary/aromatic N) is 1. The monoisotopic (exact) mass is 381 g/mol. The Bertz CT molecular complexity index is 919. The lowest BCUT2D eigenvalue weighted by Gasteiger charge is -2.32. The predicted octanol–water partition coefficient (Wildman–Crippen LogP) is 2.90. The van der Waals surface area contributed by atoms with E-state index in [0.29, 0.717) is 23.6 Å². The minimum atomic E-state index is -0.689. The number of hydrogen-bond donors (Lipinski definition) is 2. The Balaban J connectivity index is 1.75. The number of carbonyl (C=O) groups excluding carboxylic acids is 2. The van der Waals surface area contributed by atoms with Crippen molar-refractivity contribution in [3.05, 3.63) is 65.3 Å². The van der Waals surface area contributed by atoms with Crippen molar-refractivity contribution in [2.24, 2.45) is 0 Å². The largest absolute Gasteiger partial charge is 0.467 e. The average molecular weight is 381 g/mol. The summed E-state index contributed by atoms with van der Waals surface area (Å²) in [6, 6.07) is 10.9. The molecule has 2 aliphatic heterocycles. The van der Waals surface area contributed by atoms with Crippen molar-refractivity contribution < 1.29 is 18.7 Å². The maximum absolute atomic E-state index is 12.8. The van der Waals surface area contributed by atoms with Gasteiger partial charge >= 0.3 is 12.0 Å². The second-order valence-corrected chi connectivity index (χ2v) is 6.97. The molecule has 4 rings (SSSR count). The second kappa shape index (κ2) is 7.42. The zero-order chi connectivity index (χ0) is 19.7. The van der Waals surface area contributed by atoms with Crippen LogP contribution in [0, 0.1) is 0 Å². The highest BCUT2D eigenvalue weighted by Crippen LogP contribution is 2.34. The molecule has 0 radical (unpaired) electrons. The number of nitrogens with one attached hydrogen (secondary N) is 2. The number of amides is 2.